The summed E-state index contributed by atoms with van der Waals surface area (Å²) in [4.78, 5) is 0. The molecule has 0 aliphatic rings. The molecule has 1 rings (SSSR count). The molecule has 0 aliphatic heterocycles. The molecular weight excluding hydrogens is 222 g/mol. The lowest BCUT2D eigenvalue weighted by atomic mass is 10.0. The highest BCUT2D eigenvalue weighted by Crippen LogP contribution is 2.17. The van der Waals surface area contributed by atoms with Crippen LogP contribution in [0, 0.1) is 6.92 Å². The standard InChI is InChI=1S/C13H20F2N2/c1-9(17-8-13(3,14)15)7-11-5-4-6-12(16)10(11)2/h4-6,9,17H,7-8,16H2,1-3H3/t9-/m1/s1. The van der Waals surface area contributed by atoms with Gasteiger partial charge in [0, 0.05) is 18.7 Å². The van der Waals surface area contributed by atoms with E-state index >= 15 is 0 Å². The van der Waals surface area contributed by atoms with Crippen LogP contribution >= 0.6 is 0 Å². The van der Waals surface area contributed by atoms with Gasteiger partial charge in [0.2, 0.25) is 0 Å². The van der Waals surface area contributed by atoms with Crippen molar-refractivity contribution in [3.63, 3.8) is 0 Å². The Morgan fingerprint density at radius 2 is 2.06 bits per heavy atom. The van der Waals surface area contributed by atoms with Crippen molar-refractivity contribution in [1.29, 1.82) is 0 Å². The van der Waals surface area contributed by atoms with Crippen LogP contribution in [0.4, 0.5) is 14.5 Å². The Labute approximate surface area is 101 Å². The van der Waals surface area contributed by atoms with Crippen LogP contribution in [0.1, 0.15) is 25.0 Å². The van der Waals surface area contributed by atoms with Crippen LogP contribution < -0.4 is 11.1 Å². The summed E-state index contributed by atoms with van der Waals surface area (Å²) < 4.78 is 25.4. The first-order valence-electron chi connectivity index (χ1n) is 5.75. The van der Waals surface area contributed by atoms with Gasteiger partial charge in [-0.3, -0.25) is 0 Å². The first-order valence-corrected chi connectivity index (χ1v) is 5.75. The van der Waals surface area contributed by atoms with Gasteiger partial charge in [-0.05, 0) is 37.5 Å². The van der Waals surface area contributed by atoms with Crippen molar-refractivity contribution < 1.29 is 8.78 Å². The first kappa shape index (κ1) is 13.9. The molecule has 1 atom stereocenters. The van der Waals surface area contributed by atoms with Gasteiger partial charge in [0.1, 0.15) is 0 Å². The van der Waals surface area contributed by atoms with E-state index in [2.05, 4.69) is 5.32 Å². The van der Waals surface area contributed by atoms with Crippen LogP contribution in [0.25, 0.3) is 0 Å². The summed E-state index contributed by atoms with van der Waals surface area (Å²) in [5, 5.41) is 2.83. The lowest BCUT2D eigenvalue weighted by molar-refractivity contribution is 0.0204. The molecule has 17 heavy (non-hydrogen) atoms. The minimum Gasteiger partial charge on any atom is -0.399 e. The van der Waals surface area contributed by atoms with E-state index in [1.54, 1.807) is 0 Å². The fraction of sp³-hybridized carbons (Fsp3) is 0.538. The van der Waals surface area contributed by atoms with Crippen molar-refractivity contribution in [2.75, 3.05) is 12.3 Å². The van der Waals surface area contributed by atoms with Crippen LogP contribution in [0.15, 0.2) is 18.2 Å². The Kier molecular flexibility index (Phi) is 4.46. The van der Waals surface area contributed by atoms with Crippen LogP contribution in [-0.2, 0) is 6.42 Å². The molecule has 0 fully saturated rings. The summed E-state index contributed by atoms with van der Waals surface area (Å²) in [6.07, 6.45) is 0.701. The topological polar surface area (TPSA) is 38.0 Å². The number of hydrogen-bond donors (Lipinski definition) is 2. The number of nitrogens with two attached hydrogens (primary N) is 1. The van der Waals surface area contributed by atoms with Crippen molar-refractivity contribution in [3.05, 3.63) is 29.3 Å². The minimum atomic E-state index is -2.67. The van der Waals surface area contributed by atoms with E-state index < -0.39 is 5.92 Å². The largest absolute Gasteiger partial charge is 0.399 e. The van der Waals surface area contributed by atoms with Gasteiger partial charge < -0.3 is 11.1 Å². The zero-order chi connectivity index (χ0) is 13.1. The lowest BCUT2D eigenvalue weighted by Gasteiger charge is -2.18. The molecule has 0 aromatic heterocycles. The van der Waals surface area contributed by atoms with Crippen LogP contribution in [0.2, 0.25) is 0 Å². The van der Waals surface area contributed by atoms with E-state index in [9.17, 15) is 8.78 Å². The zero-order valence-corrected chi connectivity index (χ0v) is 10.6. The SMILES string of the molecule is Cc1c(N)cccc1C[C@@H](C)NCC(C)(F)F. The number of anilines is 1. The number of nitrogens with one attached hydrogen (secondary N) is 1. The highest BCUT2D eigenvalue weighted by Gasteiger charge is 2.21. The average molecular weight is 242 g/mol. The smallest absolute Gasteiger partial charge is 0.257 e. The number of nitrogen functional groups attached to an aromatic ring is 1. The number of alkyl halides is 2. The highest BCUT2D eigenvalue weighted by molar-refractivity contribution is 5.50. The van der Waals surface area contributed by atoms with Gasteiger partial charge in [0.25, 0.3) is 5.92 Å². The van der Waals surface area contributed by atoms with Gasteiger partial charge in [-0.1, -0.05) is 12.1 Å². The fourth-order valence-electron chi connectivity index (χ4n) is 1.68. The number of hydrogen-bond acceptors (Lipinski definition) is 2. The van der Waals surface area contributed by atoms with Crippen LogP contribution in [0.5, 0.6) is 0 Å². The molecule has 0 radical (unpaired) electrons. The van der Waals surface area contributed by atoms with Crippen molar-refractivity contribution >= 4 is 5.69 Å². The second kappa shape index (κ2) is 5.45. The predicted octanol–water partition coefficient (Wildman–Crippen LogP) is 2.75. The predicted molar refractivity (Wildman–Crippen MR) is 67.4 cm³/mol. The second-order valence-corrected chi connectivity index (χ2v) is 4.69. The molecule has 0 saturated carbocycles. The molecule has 96 valence electrons. The number of halogens is 2. The Bertz CT molecular complexity index is 372. The van der Waals surface area contributed by atoms with Crippen LogP contribution in [-0.4, -0.2) is 18.5 Å². The van der Waals surface area contributed by atoms with E-state index in [1.807, 2.05) is 32.0 Å². The maximum Gasteiger partial charge on any atom is 0.257 e. The molecule has 2 nitrogen and oxygen atoms in total. The third-order valence-electron chi connectivity index (χ3n) is 2.77. The molecule has 0 spiro atoms. The monoisotopic (exact) mass is 242 g/mol. The van der Waals surface area contributed by atoms with Crippen molar-refractivity contribution in [2.24, 2.45) is 0 Å². The van der Waals surface area contributed by atoms with Gasteiger partial charge in [-0.2, -0.15) is 0 Å². The Morgan fingerprint density at radius 1 is 1.41 bits per heavy atom. The Balaban J connectivity index is 2.56. The van der Waals surface area contributed by atoms with Gasteiger partial charge in [-0.15, -0.1) is 0 Å². The molecule has 0 bridgehead atoms. The normalized spacial score (nSPS) is 13.7. The quantitative estimate of drug-likeness (QED) is 0.779. The zero-order valence-electron chi connectivity index (χ0n) is 10.6. The molecule has 0 saturated heterocycles. The third kappa shape index (κ3) is 4.69. The van der Waals surface area contributed by atoms with Gasteiger partial charge in [0.05, 0.1) is 6.54 Å². The summed E-state index contributed by atoms with van der Waals surface area (Å²) in [5.41, 5.74) is 8.68. The molecule has 4 heteroatoms. The summed E-state index contributed by atoms with van der Waals surface area (Å²) in [5.74, 6) is -2.67. The molecule has 3 N–H and O–H groups in total. The number of rotatable bonds is 5. The Morgan fingerprint density at radius 3 is 2.65 bits per heavy atom. The summed E-state index contributed by atoms with van der Waals surface area (Å²) >= 11 is 0. The maximum absolute atomic E-state index is 12.7. The first-order chi connectivity index (χ1) is 7.79. The van der Waals surface area contributed by atoms with E-state index in [0.29, 0.717) is 6.42 Å². The fourth-order valence-corrected chi connectivity index (χ4v) is 1.68. The lowest BCUT2D eigenvalue weighted by Crippen LogP contribution is -2.37. The molecule has 0 unspecified atom stereocenters. The van der Waals surface area contributed by atoms with Gasteiger partial charge >= 0.3 is 0 Å². The summed E-state index contributed by atoms with van der Waals surface area (Å²) in [7, 11) is 0. The Hall–Kier alpha value is -1.16. The summed E-state index contributed by atoms with van der Waals surface area (Å²) in [6, 6.07) is 5.71. The second-order valence-electron chi connectivity index (χ2n) is 4.69. The maximum atomic E-state index is 12.7. The molecule has 1 aromatic carbocycles. The van der Waals surface area contributed by atoms with Crippen molar-refractivity contribution in [2.45, 2.75) is 39.2 Å². The summed E-state index contributed by atoms with van der Waals surface area (Å²) in [6.45, 7) is 4.47. The van der Waals surface area contributed by atoms with E-state index in [-0.39, 0.29) is 12.6 Å². The average Bonchev–Trinajstić information content (AvgIpc) is 2.21. The molecule has 0 amide bonds. The number of benzene rings is 1. The van der Waals surface area contributed by atoms with E-state index in [4.69, 9.17) is 5.73 Å². The van der Waals surface area contributed by atoms with Gasteiger partial charge in [-0.25, -0.2) is 8.78 Å². The minimum absolute atomic E-state index is 0.00123. The van der Waals surface area contributed by atoms with Gasteiger partial charge in [0.15, 0.2) is 0 Å². The van der Waals surface area contributed by atoms with E-state index in [0.717, 1.165) is 23.7 Å². The third-order valence-corrected chi connectivity index (χ3v) is 2.77. The molecule has 1 aromatic rings. The highest BCUT2D eigenvalue weighted by atomic mass is 19.3. The molecule has 0 aliphatic carbocycles. The molecular formula is C13H20F2N2. The van der Waals surface area contributed by atoms with Crippen LogP contribution in [0.3, 0.4) is 0 Å². The van der Waals surface area contributed by atoms with E-state index in [1.165, 1.54) is 0 Å². The van der Waals surface area contributed by atoms with Crippen molar-refractivity contribution in [3.8, 4) is 0 Å². The molecule has 0 heterocycles. The van der Waals surface area contributed by atoms with Crippen molar-refractivity contribution in [1.82, 2.24) is 5.32 Å².